The van der Waals surface area contributed by atoms with Crippen LogP contribution in [-0.2, 0) is 6.54 Å². The Hall–Kier alpha value is -2.99. The number of nitrogens with zero attached hydrogens (tertiary/aromatic N) is 2. The highest BCUT2D eigenvalue weighted by atomic mass is 16.6. The van der Waals surface area contributed by atoms with Crippen molar-refractivity contribution in [2.75, 3.05) is 20.2 Å². The normalized spacial score (nSPS) is 11.1. The number of ketones is 1. The van der Waals surface area contributed by atoms with E-state index in [1.165, 1.54) is 18.2 Å². The third-order valence-corrected chi connectivity index (χ3v) is 4.40. The van der Waals surface area contributed by atoms with E-state index in [1.807, 2.05) is 6.07 Å². The van der Waals surface area contributed by atoms with Gasteiger partial charge >= 0.3 is 0 Å². The number of rotatable bonds is 9. The van der Waals surface area contributed by atoms with Crippen molar-refractivity contribution in [1.29, 1.82) is 0 Å². The molecule has 0 aliphatic carbocycles. The van der Waals surface area contributed by atoms with E-state index in [9.17, 15) is 14.9 Å². The standard InChI is InChI=1S/C21H24N2O4/c1-4-22(5-2)15-18-14-17(11-13-21(18)27-3)20(24)12-10-16-8-6-7-9-19(16)23(25)26/h6-14H,4-5,15H2,1-3H3/b12-10+. The highest BCUT2D eigenvalue weighted by molar-refractivity contribution is 6.07. The summed E-state index contributed by atoms with van der Waals surface area (Å²) in [6.07, 6.45) is 2.85. The monoisotopic (exact) mass is 368 g/mol. The van der Waals surface area contributed by atoms with Crippen LogP contribution in [0.15, 0.2) is 48.5 Å². The molecule has 27 heavy (non-hydrogen) atoms. The first-order valence-corrected chi connectivity index (χ1v) is 8.85. The number of carbonyl (C=O) groups excluding carboxylic acids is 1. The molecule has 0 bridgehead atoms. The summed E-state index contributed by atoms with van der Waals surface area (Å²) in [5, 5.41) is 11.1. The third-order valence-electron chi connectivity index (χ3n) is 4.40. The van der Waals surface area contributed by atoms with Crippen LogP contribution in [0.3, 0.4) is 0 Å². The predicted molar refractivity (Wildman–Crippen MR) is 106 cm³/mol. The van der Waals surface area contributed by atoms with Gasteiger partial charge in [0.05, 0.1) is 17.6 Å². The molecule has 0 amide bonds. The Morgan fingerprint density at radius 3 is 2.52 bits per heavy atom. The molecule has 0 heterocycles. The Bertz CT molecular complexity index is 842. The highest BCUT2D eigenvalue weighted by Crippen LogP contribution is 2.23. The second-order valence-corrected chi connectivity index (χ2v) is 6.00. The van der Waals surface area contributed by atoms with Gasteiger partial charge in [-0.25, -0.2) is 0 Å². The van der Waals surface area contributed by atoms with Crippen LogP contribution in [-0.4, -0.2) is 35.8 Å². The largest absolute Gasteiger partial charge is 0.496 e. The number of nitro groups is 1. The van der Waals surface area contributed by atoms with Crippen LogP contribution in [0.5, 0.6) is 5.75 Å². The van der Waals surface area contributed by atoms with Crippen molar-refractivity contribution < 1.29 is 14.5 Å². The fourth-order valence-corrected chi connectivity index (χ4v) is 2.80. The highest BCUT2D eigenvalue weighted by Gasteiger charge is 2.13. The molecule has 6 nitrogen and oxygen atoms in total. The molecule has 2 aromatic carbocycles. The first-order valence-electron chi connectivity index (χ1n) is 8.85. The first kappa shape index (κ1) is 20.3. The summed E-state index contributed by atoms with van der Waals surface area (Å²) in [4.78, 5) is 25.4. The van der Waals surface area contributed by atoms with Gasteiger partial charge in [-0.3, -0.25) is 19.8 Å². The van der Waals surface area contributed by atoms with Crippen molar-refractivity contribution in [3.8, 4) is 5.75 Å². The van der Waals surface area contributed by atoms with Gasteiger partial charge in [-0.15, -0.1) is 0 Å². The van der Waals surface area contributed by atoms with Crippen molar-refractivity contribution in [2.24, 2.45) is 0 Å². The number of carbonyl (C=O) groups is 1. The van der Waals surface area contributed by atoms with Gasteiger partial charge in [-0.1, -0.05) is 26.0 Å². The molecule has 0 aliphatic heterocycles. The molecular formula is C21H24N2O4. The van der Waals surface area contributed by atoms with Gasteiger partial charge < -0.3 is 4.74 Å². The van der Waals surface area contributed by atoms with Gasteiger partial charge in [0.25, 0.3) is 5.69 Å². The molecule has 142 valence electrons. The zero-order valence-electron chi connectivity index (χ0n) is 15.8. The van der Waals surface area contributed by atoms with Crippen molar-refractivity contribution in [1.82, 2.24) is 4.90 Å². The number of ether oxygens (including phenoxy) is 1. The van der Waals surface area contributed by atoms with Gasteiger partial charge in [0.1, 0.15) is 5.75 Å². The molecule has 0 aliphatic rings. The van der Waals surface area contributed by atoms with Crippen LogP contribution in [0.1, 0.15) is 35.3 Å². The number of benzene rings is 2. The van der Waals surface area contributed by atoms with E-state index in [0.29, 0.717) is 17.7 Å². The molecule has 0 saturated heterocycles. The van der Waals surface area contributed by atoms with Crippen LogP contribution in [0.25, 0.3) is 6.08 Å². The van der Waals surface area contributed by atoms with Crippen LogP contribution in [0, 0.1) is 10.1 Å². The molecule has 0 aromatic heterocycles. The van der Waals surface area contributed by atoms with Crippen molar-refractivity contribution in [2.45, 2.75) is 20.4 Å². The SMILES string of the molecule is CCN(CC)Cc1cc(C(=O)/C=C/c2ccccc2[N+](=O)[O-])ccc1OC. The quantitative estimate of drug-likeness (QED) is 0.285. The number of hydrogen-bond acceptors (Lipinski definition) is 5. The van der Waals surface area contributed by atoms with Gasteiger partial charge in [0.2, 0.25) is 0 Å². The van der Waals surface area contributed by atoms with Crippen molar-refractivity contribution in [3.05, 3.63) is 75.3 Å². The van der Waals surface area contributed by atoms with Gasteiger partial charge in [-0.2, -0.15) is 0 Å². The molecule has 0 spiro atoms. The molecule has 0 N–H and O–H groups in total. The minimum atomic E-state index is -0.459. The smallest absolute Gasteiger partial charge is 0.276 e. The van der Waals surface area contributed by atoms with Gasteiger partial charge in [0, 0.05) is 23.7 Å². The lowest BCUT2D eigenvalue weighted by Crippen LogP contribution is -2.22. The number of para-hydroxylation sites is 1. The van der Waals surface area contributed by atoms with E-state index in [2.05, 4.69) is 18.7 Å². The average molecular weight is 368 g/mol. The maximum atomic E-state index is 12.6. The number of methoxy groups -OCH3 is 1. The van der Waals surface area contributed by atoms with E-state index >= 15 is 0 Å². The zero-order valence-corrected chi connectivity index (χ0v) is 15.8. The van der Waals surface area contributed by atoms with Crippen molar-refractivity contribution in [3.63, 3.8) is 0 Å². The van der Waals surface area contributed by atoms with E-state index in [0.717, 1.165) is 24.4 Å². The zero-order chi connectivity index (χ0) is 19.8. The summed E-state index contributed by atoms with van der Waals surface area (Å²) >= 11 is 0. The maximum absolute atomic E-state index is 12.6. The van der Waals surface area contributed by atoms with Crippen LogP contribution in [0.4, 0.5) is 5.69 Å². The Balaban J connectivity index is 2.27. The summed E-state index contributed by atoms with van der Waals surface area (Å²) in [7, 11) is 1.61. The Labute approximate surface area is 159 Å². The fourth-order valence-electron chi connectivity index (χ4n) is 2.80. The average Bonchev–Trinajstić information content (AvgIpc) is 2.70. The molecule has 0 fully saturated rings. The minimum absolute atomic E-state index is 0.0292. The lowest BCUT2D eigenvalue weighted by atomic mass is 10.0. The summed E-state index contributed by atoms with van der Waals surface area (Å²) < 4.78 is 5.41. The maximum Gasteiger partial charge on any atom is 0.276 e. The molecular weight excluding hydrogens is 344 g/mol. The van der Waals surface area contributed by atoms with Crippen molar-refractivity contribution >= 4 is 17.5 Å². The van der Waals surface area contributed by atoms with Gasteiger partial charge in [-0.05, 0) is 49.5 Å². The Morgan fingerprint density at radius 1 is 1.19 bits per heavy atom. The summed E-state index contributed by atoms with van der Waals surface area (Å²) in [6, 6.07) is 11.6. The minimum Gasteiger partial charge on any atom is -0.496 e. The second kappa shape index (κ2) is 9.64. The molecule has 0 radical (unpaired) electrons. The van der Waals surface area contributed by atoms with E-state index in [1.54, 1.807) is 37.4 Å². The van der Waals surface area contributed by atoms with Gasteiger partial charge in [0.15, 0.2) is 5.78 Å². The molecule has 2 aromatic rings. The number of hydrogen-bond donors (Lipinski definition) is 0. The van der Waals surface area contributed by atoms with Crippen LogP contribution < -0.4 is 4.74 Å². The van der Waals surface area contributed by atoms with E-state index in [4.69, 9.17) is 4.74 Å². The summed E-state index contributed by atoms with van der Waals surface area (Å²) in [5.41, 5.74) is 1.82. The lowest BCUT2D eigenvalue weighted by molar-refractivity contribution is -0.385. The van der Waals surface area contributed by atoms with E-state index < -0.39 is 4.92 Å². The lowest BCUT2D eigenvalue weighted by Gasteiger charge is -2.20. The van der Waals surface area contributed by atoms with E-state index in [-0.39, 0.29) is 11.5 Å². The Kier molecular flexibility index (Phi) is 7.25. The summed E-state index contributed by atoms with van der Waals surface area (Å²) in [6.45, 7) is 6.65. The Morgan fingerprint density at radius 2 is 1.89 bits per heavy atom. The molecule has 0 unspecified atom stereocenters. The molecule has 0 atom stereocenters. The molecule has 0 saturated carbocycles. The number of allylic oxidation sites excluding steroid dienone is 1. The molecule has 6 heteroatoms. The fraction of sp³-hybridized carbons (Fsp3) is 0.286. The topological polar surface area (TPSA) is 72.7 Å². The number of nitro benzene ring substituents is 1. The molecule has 2 rings (SSSR count). The summed E-state index contributed by atoms with van der Waals surface area (Å²) in [5.74, 6) is 0.526. The van der Waals surface area contributed by atoms with Crippen LogP contribution in [0.2, 0.25) is 0 Å². The third kappa shape index (κ3) is 5.24. The predicted octanol–water partition coefficient (Wildman–Crippen LogP) is 4.34. The van der Waals surface area contributed by atoms with Crippen LogP contribution >= 0.6 is 0 Å². The second-order valence-electron chi connectivity index (χ2n) is 6.00. The first-order chi connectivity index (χ1) is 13.0.